The van der Waals surface area contributed by atoms with Crippen molar-refractivity contribution in [3.8, 4) is 22.3 Å². The van der Waals surface area contributed by atoms with E-state index in [4.69, 9.17) is 0 Å². The maximum atomic E-state index is 11.4. The topological polar surface area (TPSA) is 71.8 Å². The fourth-order valence-corrected chi connectivity index (χ4v) is 3.81. The second kappa shape index (κ2) is 6.56. The first-order chi connectivity index (χ1) is 14.1. The number of nitro benzene ring substituents is 1. The summed E-state index contributed by atoms with van der Waals surface area (Å²) in [6.45, 7) is 2.06. The molecule has 0 aliphatic heterocycles. The number of aromatic nitrogens is 2. The summed E-state index contributed by atoms with van der Waals surface area (Å²) in [6, 6.07) is 23.3. The number of aromatic amines is 1. The van der Waals surface area contributed by atoms with E-state index in [-0.39, 0.29) is 10.6 Å². The van der Waals surface area contributed by atoms with E-state index in [1.807, 2.05) is 24.4 Å². The van der Waals surface area contributed by atoms with Crippen LogP contribution in [-0.2, 0) is 0 Å². The van der Waals surface area contributed by atoms with Crippen LogP contribution in [0.4, 0.5) is 5.69 Å². The maximum absolute atomic E-state index is 11.4. The van der Waals surface area contributed by atoms with Crippen LogP contribution in [0.1, 0.15) is 5.56 Å². The fraction of sp³-hybridized carbons (Fsp3) is 0.0417. The summed E-state index contributed by atoms with van der Waals surface area (Å²) in [6.07, 6.45) is 1.87. The van der Waals surface area contributed by atoms with Crippen LogP contribution in [0.5, 0.6) is 0 Å². The summed E-state index contributed by atoms with van der Waals surface area (Å²) < 4.78 is 0. The Bertz CT molecular complexity index is 1370. The van der Waals surface area contributed by atoms with Crippen molar-refractivity contribution < 1.29 is 4.92 Å². The second-order valence-corrected chi connectivity index (χ2v) is 7.11. The SMILES string of the molecule is Cc1ccc(-c2cnc3[nH]c4ccc([N+](=O)[O-])cc4c3c2-c2ccccc2)cc1. The molecule has 0 saturated heterocycles. The molecule has 5 rings (SSSR count). The maximum Gasteiger partial charge on any atom is 0.270 e. The Kier molecular flexibility index (Phi) is 3.88. The van der Waals surface area contributed by atoms with Crippen molar-refractivity contribution in [3.63, 3.8) is 0 Å². The van der Waals surface area contributed by atoms with Crippen LogP contribution < -0.4 is 0 Å². The predicted molar refractivity (Wildman–Crippen MR) is 116 cm³/mol. The molecule has 2 aromatic heterocycles. The number of H-pyrrole nitrogens is 1. The number of hydrogen-bond donors (Lipinski definition) is 1. The van der Waals surface area contributed by atoms with Gasteiger partial charge < -0.3 is 4.98 Å². The molecule has 5 aromatic rings. The second-order valence-electron chi connectivity index (χ2n) is 7.11. The van der Waals surface area contributed by atoms with E-state index in [1.54, 1.807) is 12.1 Å². The van der Waals surface area contributed by atoms with Crippen molar-refractivity contribution in [2.24, 2.45) is 0 Å². The van der Waals surface area contributed by atoms with Crippen LogP contribution in [0, 0.1) is 17.0 Å². The summed E-state index contributed by atoms with van der Waals surface area (Å²) in [4.78, 5) is 19.0. The van der Waals surface area contributed by atoms with Gasteiger partial charge in [0.25, 0.3) is 5.69 Å². The van der Waals surface area contributed by atoms with Crippen molar-refractivity contribution >= 4 is 27.6 Å². The van der Waals surface area contributed by atoms with Gasteiger partial charge in [0.15, 0.2) is 0 Å². The lowest BCUT2D eigenvalue weighted by Gasteiger charge is -2.12. The van der Waals surface area contributed by atoms with Crippen LogP contribution in [0.25, 0.3) is 44.2 Å². The smallest absolute Gasteiger partial charge is 0.270 e. The Balaban J connectivity index is 1.93. The summed E-state index contributed by atoms with van der Waals surface area (Å²) in [5, 5.41) is 13.1. The number of aryl methyl sites for hydroxylation is 1. The molecular weight excluding hydrogens is 362 g/mol. The Hall–Kier alpha value is -3.99. The molecule has 0 atom stereocenters. The van der Waals surface area contributed by atoms with Gasteiger partial charge in [-0.1, -0.05) is 60.2 Å². The van der Waals surface area contributed by atoms with Gasteiger partial charge in [-0.3, -0.25) is 10.1 Å². The fourth-order valence-electron chi connectivity index (χ4n) is 3.81. The highest BCUT2D eigenvalue weighted by molar-refractivity contribution is 6.16. The number of nitrogens with one attached hydrogen (secondary N) is 1. The summed E-state index contributed by atoms with van der Waals surface area (Å²) >= 11 is 0. The number of hydrogen-bond acceptors (Lipinski definition) is 3. The lowest BCUT2D eigenvalue weighted by molar-refractivity contribution is -0.384. The number of rotatable bonds is 3. The average molecular weight is 379 g/mol. The van der Waals surface area contributed by atoms with Crippen molar-refractivity contribution in [2.45, 2.75) is 6.92 Å². The molecule has 3 aromatic carbocycles. The third-order valence-corrected chi connectivity index (χ3v) is 5.24. The molecule has 0 amide bonds. The molecular formula is C24H17N3O2. The van der Waals surface area contributed by atoms with Gasteiger partial charge in [0.05, 0.1) is 4.92 Å². The molecule has 5 heteroatoms. The van der Waals surface area contributed by atoms with Crippen LogP contribution in [0.15, 0.2) is 79.0 Å². The Morgan fingerprint density at radius 2 is 1.69 bits per heavy atom. The molecule has 0 aliphatic rings. The molecule has 29 heavy (non-hydrogen) atoms. The number of nitro groups is 1. The molecule has 0 radical (unpaired) electrons. The zero-order valence-electron chi connectivity index (χ0n) is 15.7. The molecule has 0 fully saturated rings. The highest BCUT2D eigenvalue weighted by atomic mass is 16.6. The van der Waals surface area contributed by atoms with Crippen LogP contribution in [0.3, 0.4) is 0 Å². The van der Waals surface area contributed by atoms with Crippen LogP contribution in [0.2, 0.25) is 0 Å². The van der Waals surface area contributed by atoms with Gasteiger partial charge in [-0.25, -0.2) is 4.98 Å². The highest BCUT2D eigenvalue weighted by Crippen LogP contribution is 2.41. The van der Waals surface area contributed by atoms with E-state index in [9.17, 15) is 10.1 Å². The zero-order chi connectivity index (χ0) is 20.0. The molecule has 0 bridgehead atoms. The Morgan fingerprint density at radius 3 is 2.41 bits per heavy atom. The van der Waals surface area contributed by atoms with Crippen molar-refractivity contribution in [1.29, 1.82) is 0 Å². The van der Waals surface area contributed by atoms with E-state index in [2.05, 4.69) is 53.3 Å². The van der Waals surface area contributed by atoms with E-state index < -0.39 is 0 Å². The van der Waals surface area contributed by atoms with Gasteiger partial charge in [0.2, 0.25) is 0 Å². The monoisotopic (exact) mass is 379 g/mol. The van der Waals surface area contributed by atoms with Gasteiger partial charge >= 0.3 is 0 Å². The van der Waals surface area contributed by atoms with E-state index >= 15 is 0 Å². The minimum Gasteiger partial charge on any atom is -0.339 e. The molecule has 0 unspecified atom stereocenters. The van der Waals surface area contributed by atoms with Gasteiger partial charge in [-0.15, -0.1) is 0 Å². The quantitative estimate of drug-likeness (QED) is 0.297. The lowest BCUT2D eigenvalue weighted by Crippen LogP contribution is -1.90. The lowest BCUT2D eigenvalue weighted by atomic mass is 9.92. The van der Waals surface area contributed by atoms with Gasteiger partial charge in [-0.2, -0.15) is 0 Å². The van der Waals surface area contributed by atoms with Crippen LogP contribution >= 0.6 is 0 Å². The first kappa shape index (κ1) is 17.1. The third kappa shape index (κ3) is 2.84. The normalized spacial score (nSPS) is 11.2. The van der Waals surface area contributed by atoms with Crippen molar-refractivity contribution in [1.82, 2.24) is 9.97 Å². The standard InChI is InChI=1S/C24H17N3O2/c1-15-7-9-16(10-8-15)20-14-25-24-23(22(20)17-5-3-2-4-6-17)19-13-18(27(28)29)11-12-21(19)26-24/h2-14H,1H3,(H,25,26). The van der Waals surface area contributed by atoms with Gasteiger partial charge in [-0.05, 0) is 24.1 Å². The van der Waals surface area contributed by atoms with E-state index in [0.29, 0.717) is 0 Å². The molecule has 0 spiro atoms. The molecule has 0 aliphatic carbocycles. The summed E-state index contributed by atoms with van der Waals surface area (Å²) in [5.74, 6) is 0. The Morgan fingerprint density at radius 1 is 0.931 bits per heavy atom. The van der Waals surface area contributed by atoms with Crippen molar-refractivity contribution in [2.75, 3.05) is 0 Å². The molecule has 140 valence electrons. The zero-order valence-corrected chi connectivity index (χ0v) is 15.7. The molecule has 5 nitrogen and oxygen atoms in total. The molecule has 1 N–H and O–H groups in total. The number of benzene rings is 3. The van der Waals surface area contributed by atoms with Gasteiger partial charge in [0, 0.05) is 45.7 Å². The van der Waals surface area contributed by atoms with E-state index in [1.165, 1.54) is 11.6 Å². The van der Waals surface area contributed by atoms with Crippen LogP contribution in [-0.4, -0.2) is 14.9 Å². The van der Waals surface area contributed by atoms with E-state index in [0.717, 1.165) is 44.2 Å². The minimum atomic E-state index is -0.363. The molecule has 0 saturated carbocycles. The Labute approximate surface area is 166 Å². The number of pyridine rings is 1. The first-order valence-corrected chi connectivity index (χ1v) is 9.33. The average Bonchev–Trinajstić information content (AvgIpc) is 3.12. The number of fused-ring (bicyclic) bond motifs is 3. The summed E-state index contributed by atoms with van der Waals surface area (Å²) in [5.41, 5.74) is 6.92. The highest BCUT2D eigenvalue weighted by Gasteiger charge is 2.18. The number of non-ortho nitro benzene ring substituents is 1. The minimum absolute atomic E-state index is 0.0677. The summed E-state index contributed by atoms with van der Waals surface area (Å²) in [7, 11) is 0. The van der Waals surface area contributed by atoms with Crippen molar-refractivity contribution in [3.05, 3.63) is 94.7 Å². The first-order valence-electron chi connectivity index (χ1n) is 9.33. The predicted octanol–water partition coefficient (Wildman–Crippen LogP) is 6.27. The molecule has 2 heterocycles. The van der Waals surface area contributed by atoms with Gasteiger partial charge in [0.1, 0.15) is 5.65 Å². The third-order valence-electron chi connectivity index (χ3n) is 5.24. The largest absolute Gasteiger partial charge is 0.339 e. The number of nitrogens with zero attached hydrogens (tertiary/aromatic N) is 2.